The molecule has 2 aromatic heterocycles. The summed E-state index contributed by atoms with van der Waals surface area (Å²) >= 11 is 6.37. The molecule has 11 heteroatoms. The minimum absolute atomic E-state index is 0.105. The van der Waals surface area contributed by atoms with E-state index in [1.165, 1.54) is 6.92 Å². The van der Waals surface area contributed by atoms with E-state index in [1.54, 1.807) is 10.8 Å². The molecule has 0 atom stereocenters. The summed E-state index contributed by atoms with van der Waals surface area (Å²) in [5.41, 5.74) is 0.588. The van der Waals surface area contributed by atoms with E-state index < -0.39 is 12.1 Å². The number of aromatic nitrogens is 4. The summed E-state index contributed by atoms with van der Waals surface area (Å²) in [4.78, 5) is 12.3. The second kappa shape index (κ2) is 6.64. The van der Waals surface area contributed by atoms with Crippen molar-refractivity contribution in [3.8, 4) is 11.9 Å². The highest BCUT2D eigenvalue weighted by molar-refractivity contribution is 6.33. The Bertz CT molecular complexity index is 895. The fraction of sp³-hybridized carbons (Fsp3) is 0.467. The maximum atomic E-state index is 13.0. The molecule has 7 nitrogen and oxygen atoms in total. The summed E-state index contributed by atoms with van der Waals surface area (Å²) in [5.74, 6) is -2.28. The molecule has 1 aliphatic rings. The highest BCUT2D eigenvalue weighted by Crippen LogP contribution is 2.33. The number of hydrogen-bond donors (Lipinski definition) is 0. The Hall–Kier alpha value is -2.54. The van der Waals surface area contributed by atoms with Gasteiger partial charge in [-0.2, -0.15) is 33.3 Å². The molecule has 0 unspecified atom stereocenters. The Balaban J connectivity index is 2.17. The molecule has 0 aromatic carbocycles. The number of amides is 1. The highest BCUT2D eigenvalue weighted by atomic mass is 35.5. The van der Waals surface area contributed by atoms with E-state index in [0.29, 0.717) is 17.9 Å². The van der Waals surface area contributed by atoms with Gasteiger partial charge in [-0.15, -0.1) is 0 Å². The molecule has 0 saturated heterocycles. The van der Waals surface area contributed by atoms with Gasteiger partial charge in [0.15, 0.2) is 11.6 Å². The smallest absolute Gasteiger partial charge is 0.288 e. The van der Waals surface area contributed by atoms with Crippen LogP contribution in [0.4, 0.5) is 19.0 Å². The largest absolute Gasteiger partial charge is 0.471 e. The Labute approximate surface area is 151 Å². The first kappa shape index (κ1) is 18.3. The molecule has 2 aromatic rings. The number of nitrogens with zero attached hydrogens (tertiary/aromatic N) is 6. The summed E-state index contributed by atoms with van der Waals surface area (Å²) < 4.78 is 41.6. The number of carbonyl (C=O) groups excluding carboxylic acids is 1. The zero-order valence-electron chi connectivity index (χ0n) is 13.7. The van der Waals surface area contributed by atoms with E-state index in [0.717, 1.165) is 29.4 Å². The van der Waals surface area contributed by atoms with Gasteiger partial charge in [-0.1, -0.05) is 11.6 Å². The number of halogens is 4. The highest BCUT2D eigenvalue weighted by Gasteiger charge is 2.44. The van der Waals surface area contributed by atoms with Crippen LogP contribution in [-0.2, 0) is 17.8 Å². The summed E-state index contributed by atoms with van der Waals surface area (Å²) in [5, 5.41) is 17.8. The SMILES string of the molecule is CCN(C(=O)C(F)(F)F)c1c(C#N)cnn1-c1nn2c(c1Cl)CCCC2. The minimum Gasteiger partial charge on any atom is -0.288 e. The van der Waals surface area contributed by atoms with Gasteiger partial charge in [0.05, 0.1) is 11.9 Å². The Kier molecular flexibility index (Phi) is 4.66. The average Bonchev–Trinajstić information content (AvgIpc) is 3.16. The molecule has 0 saturated carbocycles. The predicted molar refractivity (Wildman–Crippen MR) is 86.1 cm³/mol. The van der Waals surface area contributed by atoms with Crippen LogP contribution in [0.5, 0.6) is 0 Å². The normalized spacial score (nSPS) is 14.0. The van der Waals surface area contributed by atoms with Crippen LogP contribution >= 0.6 is 11.6 Å². The predicted octanol–water partition coefficient (Wildman–Crippen LogP) is 2.85. The molecule has 26 heavy (non-hydrogen) atoms. The molecule has 1 aliphatic heterocycles. The molecule has 3 rings (SSSR count). The van der Waals surface area contributed by atoms with Crippen LogP contribution in [0.3, 0.4) is 0 Å². The minimum atomic E-state index is -5.09. The number of aryl methyl sites for hydroxylation is 1. The van der Waals surface area contributed by atoms with Gasteiger partial charge in [0.2, 0.25) is 0 Å². The first-order chi connectivity index (χ1) is 12.3. The second-order valence-electron chi connectivity index (χ2n) is 5.72. The van der Waals surface area contributed by atoms with Gasteiger partial charge in [0.1, 0.15) is 16.7 Å². The summed E-state index contributed by atoms with van der Waals surface area (Å²) in [7, 11) is 0. The van der Waals surface area contributed by atoms with Crippen LogP contribution in [0, 0.1) is 11.3 Å². The second-order valence-corrected chi connectivity index (χ2v) is 6.10. The molecule has 3 heterocycles. The van der Waals surface area contributed by atoms with Crippen molar-refractivity contribution in [3.63, 3.8) is 0 Å². The first-order valence-corrected chi connectivity index (χ1v) is 8.29. The van der Waals surface area contributed by atoms with Crippen LogP contribution in [0.15, 0.2) is 6.20 Å². The maximum absolute atomic E-state index is 13.0. The molecule has 0 aliphatic carbocycles. The van der Waals surface area contributed by atoms with Crippen molar-refractivity contribution in [1.82, 2.24) is 19.6 Å². The maximum Gasteiger partial charge on any atom is 0.471 e. The van der Waals surface area contributed by atoms with Crippen molar-refractivity contribution in [2.24, 2.45) is 0 Å². The molecule has 0 bridgehead atoms. The molecule has 0 fully saturated rings. The third-order valence-electron chi connectivity index (χ3n) is 4.13. The number of anilines is 1. The quantitative estimate of drug-likeness (QED) is 0.812. The van der Waals surface area contributed by atoms with Crippen LogP contribution in [0.1, 0.15) is 31.0 Å². The van der Waals surface area contributed by atoms with E-state index in [4.69, 9.17) is 11.6 Å². The van der Waals surface area contributed by atoms with Crippen LogP contribution in [0.25, 0.3) is 5.82 Å². The van der Waals surface area contributed by atoms with Gasteiger partial charge in [-0.25, -0.2) is 0 Å². The lowest BCUT2D eigenvalue weighted by Crippen LogP contribution is -2.42. The third-order valence-corrected chi connectivity index (χ3v) is 4.52. The van der Waals surface area contributed by atoms with Gasteiger partial charge >= 0.3 is 12.1 Å². The molecule has 0 radical (unpaired) electrons. The molecule has 0 spiro atoms. The zero-order valence-corrected chi connectivity index (χ0v) is 14.5. The lowest BCUT2D eigenvalue weighted by atomic mass is 10.1. The Morgan fingerprint density at radius 2 is 2.19 bits per heavy atom. The topological polar surface area (TPSA) is 79.7 Å². The lowest BCUT2D eigenvalue weighted by Gasteiger charge is -2.22. The summed E-state index contributed by atoms with van der Waals surface area (Å²) in [6, 6.07) is 1.77. The third kappa shape index (κ3) is 2.92. The summed E-state index contributed by atoms with van der Waals surface area (Å²) in [6.45, 7) is 1.71. The van der Waals surface area contributed by atoms with Crippen molar-refractivity contribution in [1.29, 1.82) is 5.26 Å². The standard InChI is InChI=1S/C15H14ClF3N6O/c1-2-23(14(26)15(17,18)19)13-9(7-20)8-21-25(13)12-11(16)10-5-3-4-6-24(10)22-12/h8H,2-6H2,1H3. The molecule has 0 N–H and O–H groups in total. The van der Waals surface area contributed by atoms with Gasteiger partial charge in [-0.05, 0) is 26.2 Å². The van der Waals surface area contributed by atoms with Crippen LogP contribution < -0.4 is 4.90 Å². The number of carbonyl (C=O) groups is 1. The molecular formula is C15H14ClF3N6O. The van der Waals surface area contributed by atoms with Gasteiger partial charge in [0, 0.05) is 13.1 Å². The van der Waals surface area contributed by atoms with Crippen molar-refractivity contribution < 1.29 is 18.0 Å². The fourth-order valence-electron chi connectivity index (χ4n) is 2.95. The summed E-state index contributed by atoms with van der Waals surface area (Å²) in [6.07, 6.45) is -1.47. The number of hydrogen-bond acceptors (Lipinski definition) is 4. The fourth-order valence-corrected chi connectivity index (χ4v) is 3.26. The van der Waals surface area contributed by atoms with E-state index >= 15 is 0 Å². The van der Waals surface area contributed by atoms with E-state index in [9.17, 15) is 23.2 Å². The number of rotatable bonds is 3. The average molecular weight is 387 g/mol. The molecular weight excluding hydrogens is 373 g/mol. The first-order valence-electron chi connectivity index (χ1n) is 7.92. The van der Waals surface area contributed by atoms with Crippen LogP contribution in [-0.4, -0.2) is 38.2 Å². The van der Waals surface area contributed by atoms with Crippen molar-refractivity contribution in [2.45, 2.75) is 38.9 Å². The van der Waals surface area contributed by atoms with Gasteiger partial charge < -0.3 is 0 Å². The monoisotopic (exact) mass is 386 g/mol. The zero-order chi connectivity index (χ0) is 19.1. The van der Waals surface area contributed by atoms with Crippen LogP contribution in [0.2, 0.25) is 5.02 Å². The molecule has 1 amide bonds. The van der Waals surface area contributed by atoms with Gasteiger partial charge in [0.25, 0.3) is 0 Å². The lowest BCUT2D eigenvalue weighted by molar-refractivity contribution is -0.170. The molecule has 138 valence electrons. The van der Waals surface area contributed by atoms with Crippen molar-refractivity contribution in [3.05, 3.63) is 22.5 Å². The Morgan fingerprint density at radius 1 is 1.46 bits per heavy atom. The van der Waals surface area contributed by atoms with Crippen molar-refractivity contribution in [2.75, 3.05) is 11.4 Å². The van der Waals surface area contributed by atoms with Gasteiger partial charge in [-0.3, -0.25) is 14.4 Å². The van der Waals surface area contributed by atoms with E-state index in [2.05, 4.69) is 10.2 Å². The number of nitriles is 1. The Morgan fingerprint density at radius 3 is 2.77 bits per heavy atom. The number of fused-ring (bicyclic) bond motifs is 1. The van der Waals surface area contributed by atoms with E-state index in [1.807, 2.05) is 0 Å². The van der Waals surface area contributed by atoms with Crippen molar-refractivity contribution >= 4 is 23.3 Å². The van der Waals surface area contributed by atoms with E-state index in [-0.39, 0.29) is 28.8 Å². The number of alkyl halides is 3.